The van der Waals surface area contributed by atoms with Gasteiger partial charge in [-0.3, -0.25) is 0 Å². The molecule has 1 nitrogen and oxygen atoms in total. The zero-order valence-electron chi connectivity index (χ0n) is 4.22. The quantitative estimate of drug-likeness (QED) is 0.448. The van der Waals surface area contributed by atoms with Crippen molar-refractivity contribution in [1.29, 1.82) is 0 Å². The second-order valence-corrected chi connectivity index (χ2v) is 1.49. The highest BCUT2D eigenvalue weighted by Crippen LogP contribution is 1.92. The molecule has 0 atom stereocenters. The largest absolute Gasteiger partial charge is 0.318 e. The van der Waals surface area contributed by atoms with E-state index in [-0.39, 0.29) is 0 Å². The maximum absolute atomic E-state index is 4.76. The molecule has 36 valence electrons. The van der Waals surface area contributed by atoms with E-state index in [2.05, 4.69) is 0 Å². The molecule has 0 N–H and O–H groups in total. The van der Waals surface area contributed by atoms with Gasteiger partial charge in [0.15, 0.2) is 0 Å². The van der Waals surface area contributed by atoms with E-state index >= 15 is 0 Å². The molecule has 0 saturated heterocycles. The van der Waals surface area contributed by atoms with Gasteiger partial charge in [-0.15, -0.1) is 0 Å². The maximum Gasteiger partial charge on any atom is 0.318 e. The molecule has 0 amide bonds. The average molecular weight is 95.1 g/mol. The lowest BCUT2D eigenvalue weighted by Gasteiger charge is -1.73. The van der Waals surface area contributed by atoms with Gasteiger partial charge in [-0.2, -0.15) is 0 Å². The van der Waals surface area contributed by atoms with Crippen LogP contribution in [-0.4, -0.2) is 0 Å². The molecule has 0 aliphatic heterocycles. The molecule has 7 heavy (non-hydrogen) atoms. The van der Waals surface area contributed by atoms with Crippen LogP contribution in [-0.2, 0) is 0 Å². The highest BCUT2D eigenvalue weighted by atomic mass is 16.3. The first-order chi connectivity index (χ1) is 3.39. The lowest BCUT2D eigenvalue weighted by molar-refractivity contribution is 0.548. The van der Waals surface area contributed by atoms with Crippen LogP contribution in [0.5, 0.6) is 0 Å². The summed E-state index contributed by atoms with van der Waals surface area (Å²) in [5.41, 5.74) is 1.23. The Labute approximate surface area is 42.6 Å². The number of aryl methyl sites for hydroxylation is 1. The van der Waals surface area contributed by atoms with Crippen LogP contribution in [0.25, 0.3) is 0 Å². The Morgan fingerprint density at radius 1 is 1.29 bits per heavy atom. The Morgan fingerprint density at radius 2 is 1.86 bits per heavy atom. The summed E-state index contributed by atoms with van der Waals surface area (Å²) in [5.74, 6) is 0. The second-order valence-electron chi connectivity index (χ2n) is 1.49. The van der Waals surface area contributed by atoms with Crippen molar-refractivity contribution in [2.24, 2.45) is 0 Å². The summed E-state index contributed by atoms with van der Waals surface area (Å²) >= 11 is 0. The zero-order chi connectivity index (χ0) is 5.11. The second kappa shape index (κ2) is 1.73. The SMILES string of the molecule is Cc1cc[o+]cc1. The molecule has 0 bridgehead atoms. The summed E-state index contributed by atoms with van der Waals surface area (Å²) in [4.78, 5) is 0. The Morgan fingerprint density at radius 3 is 2.14 bits per heavy atom. The van der Waals surface area contributed by atoms with Crippen molar-refractivity contribution in [2.75, 3.05) is 0 Å². The molecule has 1 aromatic heterocycles. The van der Waals surface area contributed by atoms with E-state index in [0.29, 0.717) is 0 Å². The van der Waals surface area contributed by atoms with E-state index in [1.807, 2.05) is 19.1 Å². The summed E-state index contributed by atoms with van der Waals surface area (Å²) in [5, 5.41) is 0. The van der Waals surface area contributed by atoms with Crippen molar-refractivity contribution >= 4 is 0 Å². The third-order valence-corrected chi connectivity index (χ3v) is 0.819. The highest BCUT2D eigenvalue weighted by molar-refractivity contribution is 5.03. The minimum atomic E-state index is 1.23. The number of rotatable bonds is 0. The van der Waals surface area contributed by atoms with E-state index in [0.717, 1.165) is 0 Å². The fourth-order valence-corrected chi connectivity index (χ4v) is 0.394. The van der Waals surface area contributed by atoms with Gasteiger partial charge in [0.25, 0.3) is 0 Å². The van der Waals surface area contributed by atoms with Crippen molar-refractivity contribution in [3.05, 3.63) is 30.2 Å². The Bertz CT molecular complexity index is 134. The van der Waals surface area contributed by atoms with Gasteiger partial charge in [0.2, 0.25) is 0 Å². The van der Waals surface area contributed by atoms with Crippen LogP contribution in [0.3, 0.4) is 0 Å². The number of hydrogen-bond donors (Lipinski definition) is 0. The van der Waals surface area contributed by atoms with Gasteiger partial charge in [-0.05, 0) is 12.5 Å². The minimum absolute atomic E-state index is 1.23. The molecule has 0 radical (unpaired) electrons. The van der Waals surface area contributed by atoms with Crippen molar-refractivity contribution in [2.45, 2.75) is 6.92 Å². The normalized spacial score (nSPS) is 8.71. The monoisotopic (exact) mass is 95.0 g/mol. The molecule has 1 heteroatoms. The summed E-state index contributed by atoms with van der Waals surface area (Å²) in [6.07, 6.45) is 3.32. The average Bonchev–Trinajstić information content (AvgIpc) is 1.69. The standard InChI is InChI=1S/C6H7O/c1-6-2-4-7-5-3-6/h2-5H,1H3/q+1. The molecule has 0 saturated carbocycles. The predicted octanol–water partition coefficient (Wildman–Crippen LogP) is 1.87. The van der Waals surface area contributed by atoms with Crippen LogP contribution >= 0.6 is 0 Å². The highest BCUT2D eigenvalue weighted by Gasteiger charge is 1.83. The summed E-state index contributed by atoms with van der Waals surface area (Å²) in [6, 6.07) is 3.83. The molecule has 1 heterocycles. The van der Waals surface area contributed by atoms with Crippen LogP contribution < -0.4 is 0 Å². The zero-order valence-corrected chi connectivity index (χ0v) is 4.22. The van der Waals surface area contributed by atoms with Gasteiger partial charge >= 0.3 is 12.5 Å². The van der Waals surface area contributed by atoms with Crippen molar-refractivity contribution in [3.8, 4) is 0 Å². The van der Waals surface area contributed by atoms with Gasteiger partial charge < -0.3 is 0 Å². The van der Waals surface area contributed by atoms with Gasteiger partial charge in [-0.25, -0.2) is 4.42 Å². The molecule has 0 spiro atoms. The van der Waals surface area contributed by atoms with Gasteiger partial charge in [0, 0.05) is 12.1 Å². The van der Waals surface area contributed by atoms with Gasteiger partial charge in [0.05, 0.1) is 0 Å². The van der Waals surface area contributed by atoms with Crippen LogP contribution in [0.2, 0.25) is 0 Å². The van der Waals surface area contributed by atoms with Crippen LogP contribution in [0.4, 0.5) is 0 Å². The first-order valence-corrected chi connectivity index (χ1v) is 2.22. The molecule has 1 aromatic rings. The smallest absolute Gasteiger partial charge is 0.224 e. The molecule has 0 aromatic carbocycles. The van der Waals surface area contributed by atoms with Crippen LogP contribution in [0.1, 0.15) is 5.56 Å². The van der Waals surface area contributed by atoms with E-state index in [4.69, 9.17) is 4.42 Å². The van der Waals surface area contributed by atoms with Crippen molar-refractivity contribution in [3.63, 3.8) is 0 Å². The van der Waals surface area contributed by atoms with Gasteiger partial charge in [-0.1, -0.05) is 0 Å². The molecule has 0 fully saturated rings. The third-order valence-electron chi connectivity index (χ3n) is 0.819. The summed E-state index contributed by atoms with van der Waals surface area (Å²) in [7, 11) is 0. The van der Waals surface area contributed by atoms with Crippen molar-refractivity contribution < 1.29 is 4.42 Å². The summed E-state index contributed by atoms with van der Waals surface area (Å²) < 4.78 is 4.76. The fourth-order valence-electron chi connectivity index (χ4n) is 0.394. The van der Waals surface area contributed by atoms with E-state index < -0.39 is 0 Å². The van der Waals surface area contributed by atoms with Crippen LogP contribution in [0.15, 0.2) is 29.1 Å². The Balaban J connectivity index is 3.02. The third kappa shape index (κ3) is 1.000. The molecule has 1 rings (SSSR count). The molecule has 0 aliphatic rings. The predicted molar refractivity (Wildman–Crippen MR) is 27.9 cm³/mol. The lowest BCUT2D eigenvalue weighted by atomic mass is 10.3. The first-order valence-electron chi connectivity index (χ1n) is 2.22. The van der Waals surface area contributed by atoms with E-state index in [1.54, 1.807) is 12.5 Å². The Hall–Kier alpha value is -0.850. The van der Waals surface area contributed by atoms with Crippen LogP contribution in [0, 0.1) is 6.92 Å². The Kier molecular flexibility index (Phi) is 1.07. The van der Waals surface area contributed by atoms with Gasteiger partial charge in [0.1, 0.15) is 0 Å². The lowest BCUT2D eigenvalue weighted by Crippen LogP contribution is -1.62. The van der Waals surface area contributed by atoms with Crippen molar-refractivity contribution in [1.82, 2.24) is 0 Å². The minimum Gasteiger partial charge on any atom is -0.224 e. The number of hydrogen-bond acceptors (Lipinski definition) is 0. The molecular weight excluding hydrogens is 88.1 g/mol. The van der Waals surface area contributed by atoms with E-state index in [1.165, 1.54) is 5.56 Å². The topological polar surface area (TPSA) is 11.3 Å². The summed E-state index contributed by atoms with van der Waals surface area (Å²) in [6.45, 7) is 2.02. The fraction of sp³-hybridized carbons (Fsp3) is 0.167. The molecule has 0 aliphatic carbocycles. The molecular formula is C6H7O+. The van der Waals surface area contributed by atoms with E-state index in [9.17, 15) is 0 Å². The first kappa shape index (κ1) is 4.31. The maximum atomic E-state index is 4.76. The molecule has 0 unspecified atom stereocenters.